The minimum atomic E-state index is -0.137. The second-order valence-corrected chi connectivity index (χ2v) is 21.5. The number of fused-ring (bicyclic) bond motifs is 6. The van der Waals surface area contributed by atoms with Gasteiger partial charge in [-0.3, -0.25) is 0 Å². The first kappa shape index (κ1) is 44.5. The zero-order valence-electron chi connectivity index (χ0n) is 41.0. The molecular formula is C66H44B2N4O2S2. The summed E-state index contributed by atoms with van der Waals surface area (Å²) in [6.07, 6.45) is 0. The highest BCUT2D eigenvalue weighted by Crippen LogP contribution is 2.53. The second kappa shape index (κ2) is 18.5. The van der Waals surface area contributed by atoms with Crippen molar-refractivity contribution in [3.8, 4) is 23.0 Å². The third-order valence-corrected chi connectivity index (χ3v) is 17.3. The average Bonchev–Trinajstić information content (AvgIpc) is 3.79. The first-order chi connectivity index (χ1) is 37.7. The molecule has 0 aliphatic carbocycles. The maximum absolute atomic E-state index is 7.45. The van der Waals surface area contributed by atoms with Crippen LogP contribution in [0.25, 0.3) is 0 Å². The van der Waals surface area contributed by atoms with Crippen LogP contribution < -0.4 is 50.9 Å². The smallest absolute Gasteiger partial charge is 0.291 e. The van der Waals surface area contributed by atoms with Gasteiger partial charge in [0.2, 0.25) is 0 Å². The van der Waals surface area contributed by atoms with E-state index in [2.05, 4.69) is 287 Å². The summed E-state index contributed by atoms with van der Waals surface area (Å²) in [6.45, 7) is 0. The normalized spacial score (nSPS) is 13.3. The summed E-state index contributed by atoms with van der Waals surface area (Å²) in [5, 5.41) is 0. The van der Waals surface area contributed by atoms with Crippen LogP contribution in [0.2, 0.25) is 0 Å². The zero-order valence-corrected chi connectivity index (χ0v) is 42.6. The monoisotopic (exact) mass is 1010 g/mol. The predicted molar refractivity (Wildman–Crippen MR) is 320 cm³/mol. The Balaban J connectivity index is 0.965. The zero-order chi connectivity index (χ0) is 50.1. The van der Waals surface area contributed by atoms with Crippen LogP contribution in [0, 0.1) is 0 Å². The van der Waals surface area contributed by atoms with Crippen molar-refractivity contribution >= 4 is 125 Å². The molecule has 0 amide bonds. The molecular weight excluding hydrogens is 967 g/mol. The molecule has 76 heavy (non-hydrogen) atoms. The number of hydrogen-bond donors (Lipinski definition) is 0. The van der Waals surface area contributed by atoms with Crippen molar-refractivity contribution in [3.05, 3.63) is 267 Å². The van der Waals surface area contributed by atoms with Gasteiger partial charge in [0.1, 0.15) is 23.0 Å². The van der Waals surface area contributed by atoms with Crippen molar-refractivity contribution < 1.29 is 9.47 Å². The fourth-order valence-corrected chi connectivity index (χ4v) is 14.1. The van der Waals surface area contributed by atoms with Gasteiger partial charge in [0.05, 0.1) is 22.7 Å². The molecule has 0 atom stereocenters. The summed E-state index contributed by atoms with van der Waals surface area (Å²) in [6, 6.07) is 95.4. The van der Waals surface area contributed by atoms with Gasteiger partial charge in [-0.05, 0) is 120 Å². The Morgan fingerprint density at radius 2 is 0.618 bits per heavy atom. The maximum Gasteiger partial charge on any atom is 0.291 e. The summed E-state index contributed by atoms with van der Waals surface area (Å²) < 4.78 is 14.9. The second-order valence-electron chi connectivity index (χ2n) is 19.2. The topological polar surface area (TPSA) is 31.4 Å². The summed E-state index contributed by atoms with van der Waals surface area (Å²) in [5.74, 6) is 2.90. The van der Waals surface area contributed by atoms with Gasteiger partial charge in [-0.15, -0.1) is 0 Å². The van der Waals surface area contributed by atoms with Gasteiger partial charge in [0, 0.05) is 84.4 Å². The van der Waals surface area contributed by atoms with Crippen molar-refractivity contribution in [3.63, 3.8) is 0 Å². The van der Waals surface area contributed by atoms with Gasteiger partial charge in [0.25, 0.3) is 12.0 Å². The van der Waals surface area contributed by atoms with Crippen molar-refractivity contribution in [2.45, 2.75) is 9.79 Å². The van der Waals surface area contributed by atoms with Crippen molar-refractivity contribution in [2.75, 3.05) is 19.6 Å². The molecule has 0 spiro atoms. The van der Waals surface area contributed by atoms with E-state index in [4.69, 9.17) is 9.47 Å². The number of benzene rings is 11. The first-order valence-electron chi connectivity index (χ1n) is 25.6. The molecule has 10 heteroatoms. The Labute approximate surface area is 451 Å². The van der Waals surface area contributed by atoms with Crippen molar-refractivity contribution in [1.29, 1.82) is 0 Å². The van der Waals surface area contributed by atoms with Crippen LogP contribution in [0.3, 0.4) is 0 Å². The lowest BCUT2D eigenvalue weighted by Gasteiger charge is -2.35. The molecule has 0 bridgehead atoms. The molecule has 0 saturated carbocycles. The molecule has 0 unspecified atom stereocenters. The van der Waals surface area contributed by atoms with E-state index in [1.807, 2.05) is 23.2 Å². The summed E-state index contributed by atoms with van der Waals surface area (Å²) in [7, 11) is 0. The van der Waals surface area contributed by atoms with Gasteiger partial charge in [0.15, 0.2) is 0 Å². The molecule has 0 aromatic heterocycles. The molecule has 11 aromatic carbocycles. The maximum atomic E-state index is 7.45. The Kier molecular flexibility index (Phi) is 10.8. The Bertz CT molecular complexity index is 3660. The van der Waals surface area contributed by atoms with Crippen LogP contribution in [0.5, 0.6) is 23.0 Å². The highest BCUT2D eigenvalue weighted by Gasteiger charge is 2.45. The average molecular weight is 1010 g/mol. The van der Waals surface area contributed by atoms with Crippen LogP contribution in [0.15, 0.2) is 277 Å². The molecule has 0 N–H and O–H groups in total. The Morgan fingerprint density at radius 1 is 0.289 bits per heavy atom. The standard InChI is InChI=1S/C66H44B2N4O2S2/c1-7-23-45(24-8-1)69(46-25-9-2-10-26-46)51-39-57-65-61(41-51)73-59-44-60-54(43-53(59)67(65)75-63-37-21-19-35-55(63)71(57)49-31-15-5-16-32-49)68-66-58(72(50-33-17-6-18-34-50)56-36-20-22-38-64(56)76-68)40-52(42-62(66)74-60)70(47-27-11-3-12-28-47)48-29-13-4-14-30-48/h1-44H. The van der Waals surface area contributed by atoms with Crippen LogP contribution in [0.4, 0.5) is 68.2 Å². The summed E-state index contributed by atoms with van der Waals surface area (Å²) in [4.78, 5) is 11.9. The van der Waals surface area contributed by atoms with Crippen LogP contribution in [-0.4, -0.2) is 12.0 Å². The van der Waals surface area contributed by atoms with Crippen LogP contribution in [0.1, 0.15) is 0 Å². The van der Waals surface area contributed by atoms with Crippen molar-refractivity contribution in [2.24, 2.45) is 0 Å². The van der Waals surface area contributed by atoms with Gasteiger partial charge < -0.3 is 29.1 Å². The molecule has 0 fully saturated rings. The van der Waals surface area contributed by atoms with E-state index in [0.717, 1.165) is 113 Å². The molecule has 0 radical (unpaired) electrons. The van der Waals surface area contributed by atoms with E-state index in [9.17, 15) is 0 Å². The minimum absolute atomic E-state index is 0.137. The van der Waals surface area contributed by atoms with E-state index < -0.39 is 0 Å². The van der Waals surface area contributed by atoms with E-state index in [0.29, 0.717) is 0 Å². The van der Waals surface area contributed by atoms with Crippen molar-refractivity contribution in [1.82, 2.24) is 0 Å². The van der Waals surface area contributed by atoms with E-state index >= 15 is 0 Å². The number of para-hydroxylation sites is 8. The number of rotatable bonds is 8. The van der Waals surface area contributed by atoms with Crippen LogP contribution >= 0.6 is 23.2 Å². The molecule has 11 aromatic rings. The number of ether oxygens (including phenoxy) is 2. The molecule has 0 saturated heterocycles. The molecule has 358 valence electrons. The molecule has 4 aliphatic rings. The quantitative estimate of drug-likeness (QED) is 0.139. The summed E-state index contributed by atoms with van der Waals surface area (Å²) >= 11 is 3.78. The molecule has 4 aliphatic heterocycles. The third-order valence-electron chi connectivity index (χ3n) is 14.7. The predicted octanol–water partition coefficient (Wildman–Crippen LogP) is 16.2. The Hall–Kier alpha value is -8.95. The van der Waals surface area contributed by atoms with Gasteiger partial charge >= 0.3 is 0 Å². The lowest BCUT2D eigenvalue weighted by molar-refractivity contribution is 0.466. The lowest BCUT2D eigenvalue weighted by Crippen LogP contribution is -2.50. The minimum Gasteiger partial charge on any atom is -0.458 e. The van der Waals surface area contributed by atoms with Gasteiger partial charge in [-0.25, -0.2) is 0 Å². The van der Waals surface area contributed by atoms with Gasteiger partial charge in [-0.2, -0.15) is 23.2 Å². The number of hydrogen-bond acceptors (Lipinski definition) is 8. The fraction of sp³-hybridized carbons (Fsp3) is 0. The Morgan fingerprint density at radius 3 is 0.987 bits per heavy atom. The number of nitrogens with zero attached hydrogens (tertiary/aromatic N) is 4. The third kappa shape index (κ3) is 7.47. The molecule has 6 nitrogen and oxygen atoms in total. The fourth-order valence-electron chi connectivity index (χ4n) is 11.4. The molecule has 4 heterocycles. The van der Waals surface area contributed by atoms with E-state index in [1.165, 1.54) is 9.79 Å². The highest BCUT2D eigenvalue weighted by molar-refractivity contribution is 8.28. The molecule has 15 rings (SSSR count). The van der Waals surface area contributed by atoms with E-state index in [1.54, 1.807) is 0 Å². The first-order valence-corrected chi connectivity index (χ1v) is 27.4. The summed E-state index contributed by atoms with van der Waals surface area (Å²) in [5.41, 5.74) is 17.2. The lowest BCUT2D eigenvalue weighted by atomic mass is 9.54. The number of anilines is 12. The van der Waals surface area contributed by atoms with E-state index in [-0.39, 0.29) is 12.0 Å². The highest BCUT2D eigenvalue weighted by atomic mass is 32.2. The SMILES string of the molecule is c1ccc(N(c2ccccc2)c2cc3c4c(c2)N(c2ccccc2)c2ccccc2SB4c2cc4c(cc2O3)Oc2cc(N(c3ccccc3)c3ccccc3)cc3c2B4Sc2ccccc2N3c2ccccc2)cc1. The largest absolute Gasteiger partial charge is 0.458 e. The van der Waals surface area contributed by atoms with Gasteiger partial charge in [-0.1, -0.05) is 140 Å². The van der Waals surface area contributed by atoms with Crippen LogP contribution in [-0.2, 0) is 0 Å².